The summed E-state index contributed by atoms with van der Waals surface area (Å²) in [5.74, 6) is -0.769. The molecule has 0 aliphatic heterocycles. The van der Waals surface area contributed by atoms with E-state index in [1.54, 1.807) is 32.3 Å². The number of carbonyl (C=O) groups is 1. The van der Waals surface area contributed by atoms with E-state index in [1.807, 2.05) is 6.07 Å². The molecule has 1 aromatic rings. The number of carbonyl (C=O) groups excluding carboxylic acids is 1. The first kappa shape index (κ1) is 14.6. The van der Waals surface area contributed by atoms with Crippen molar-refractivity contribution in [3.8, 4) is 0 Å². The van der Waals surface area contributed by atoms with Crippen LogP contribution in [-0.2, 0) is 21.2 Å². The lowest BCUT2D eigenvalue weighted by Crippen LogP contribution is -2.33. The maximum atomic E-state index is 11.8. The zero-order valence-electron chi connectivity index (χ0n) is 10.7. The van der Waals surface area contributed by atoms with E-state index in [0.29, 0.717) is 13.0 Å². The van der Waals surface area contributed by atoms with Crippen molar-refractivity contribution in [2.24, 2.45) is 0 Å². The lowest BCUT2D eigenvalue weighted by atomic mass is 10.3. The minimum absolute atomic E-state index is 0.0518. The normalized spacial score (nSPS) is 11.2. The number of hydrogen-bond acceptors (Lipinski definition) is 4. The van der Waals surface area contributed by atoms with Crippen LogP contribution in [0.2, 0.25) is 0 Å². The summed E-state index contributed by atoms with van der Waals surface area (Å²) in [5, 5.41) is 0. The first-order valence-electron chi connectivity index (χ1n) is 5.79. The quantitative estimate of drug-likeness (QED) is 0.769. The molecule has 1 heterocycles. The molecule has 0 radical (unpaired) electrons. The van der Waals surface area contributed by atoms with Gasteiger partial charge in [-0.1, -0.05) is 13.0 Å². The predicted octanol–water partition coefficient (Wildman–Crippen LogP) is 0.865. The summed E-state index contributed by atoms with van der Waals surface area (Å²) in [5.41, 5.74) is 0.737. The van der Waals surface area contributed by atoms with Gasteiger partial charge in [-0.25, -0.2) is 8.42 Å². The zero-order chi connectivity index (χ0) is 13.6. The fraction of sp³-hybridized carbons (Fsp3) is 0.500. The van der Waals surface area contributed by atoms with Gasteiger partial charge in [0.2, 0.25) is 5.91 Å². The van der Waals surface area contributed by atoms with Crippen molar-refractivity contribution >= 4 is 15.7 Å². The van der Waals surface area contributed by atoms with Gasteiger partial charge in [0.15, 0.2) is 9.84 Å². The Balaban J connectivity index is 2.57. The molecule has 0 aromatic carbocycles. The van der Waals surface area contributed by atoms with Crippen molar-refractivity contribution in [1.82, 2.24) is 9.88 Å². The molecule has 0 fully saturated rings. The Bertz CT molecular complexity index is 485. The van der Waals surface area contributed by atoms with Crippen molar-refractivity contribution in [3.05, 3.63) is 30.1 Å². The van der Waals surface area contributed by atoms with Gasteiger partial charge in [-0.05, 0) is 18.6 Å². The molecule has 6 heteroatoms. The lowest BCUT2D eigenvalue weighted by molar-refractivity contribution is -0.127. The van der Waals surface area contributed by atoms with E-state index in [-0.39, 0.29) is 5.75 Å². The van der Waals surface area contributed by atoms with Gasteiger partial charge in [0.25, 0.3) is 0 Å². The molecule has 0 saturated heterocycles. The smallest absolute Gasteiger partial charge is 0.237 e. The molecular weight excluding hydrogens is 252 g/mol. The summed E-state index contributed by atoms with van der Waals surface area (Å²) in [6.07, 6.45) is 2.17. The highest BCUT2D eigenvalue weighted by molar-refractivity contribution is 7.92. The Hall–Kier alpha value is -1.43. The molecule has 5 nitrogen and oxygen atoms in total. The topological polar surface area (TPSA) is 67.3 Å². The zero-order valence-corrected chi connectivity index (χ0v) is 11.5. The van der Waals surface area contributed by atoms with E-state index in [2.05, 4.69) is 4.98 Å². The first-order valence-corrected chi connectivity index (χ1v) is 7.61. The standard InChI is InChI=1S/C12H18N2O3S/c1-3-8-18(16,17)10-12(15)14(2)9-11-6-4-5-7-13-11/h4-7H,3,8-10H2,1-2H3. The number of sulfone groups is 1. The summed E-state index contributed by atoms with van der Waals surface area (Å²) in [7, 11) is -1.70. The molecule has 0 N–H and O–H groups in total. The van der Waals surface area contributed by atoms with Crippen LogP contribution in [0.25, 0.3) is 0 Å². The molecule has 100 valence electrons. The van der Waals surface area contributed by atoms with Crippen molar-refractivity contribution < 1.29 is 13.2 Å². The Morgan fingerprint density at radius 1 is 1.39 bits per heavy atom. The summed E-state index contributed by atoms with van der Waals surface area (Å²) < 4.78 is 23.1. The highest BCUT2D eigenvalue weighted by Gasteiger charge is 2.19. The van der Waals surface area contributed by atoms with Crippen molar-refractivity contribution in [2.45, 2.75) is 19.9 Å². The summed E-state index contributed by atoms with van der Waals surface area (Å²) >= 11 is 0. The van der Waals surface area contributed by atoms with E-state index in [9.17, 15) is 13.2 Å². The molecule has 0 aliphatic carbocycles. The minimum Gasteiger partial charge on any atom is -0.339 e. The van der Waals surface area contributed by atoms with Crippen molar-refractivity contribution in [3.63, 3.8) is 0 Å². The average Bonchev–Trinajstić information content (AvgIpc) is 2.29. The maximum Gasteiger partial charge on any atom is 0.237 e. The molecule has 1 aromatic heterocycles. The molecule has 0 spiro atoms. The van der Waals surface area contributed by atoms with Crippen LogP contribution in [0.15, 0.2) is 24.4 Å². The Labute approximate surface area is 108 Å². The highest BCUT2D eigenvalue weighted by atomic mass is 32.2. The van der Waals surface area contributed by atoms with Crippen LogP contribution < -0.4 is 0 Å². The second-order valence-corrected chi connectivity index (χ2v) is 6.35. The van der Waals surface area contributed by atoms with Crippen LogP contribution in [0, 0.1) is 0 Å². The first-order chi connectivity index (χ1) is 8.44. The van der Waals surface area contributed by atoms with Gasteiger partial charge in [-0.3, -0.25) is 9.78 Å². The van der Waals surface area contributed by atoms with Gasteiger partial charge in [0.05, 0.1) is 18.0 Å². The lowest BCUT2D eigenvalue weighted by Gasteiger charge is -2.16. The largest absolute Gasteiger partial charge is 0.339 e. The third-order valence-corrected chi connectivity index (χ3v) is 4.13. The molecule has 18 heavy (non-hydrogen) atoms. The summed E-state index contributed by atoms with van der Waals surface area (Å²) in [4.78, 5) is 17.2. The van der Waals surface area contributed by atoms with Gasteiger partial charge in [-0.2, -0.15) is 0 Å². The highest BCUT2D eigenvalue weighted by Crippen LogP contribution is 2.02. The van der Waals surface area contributed by atoms with Gasteiger partial charge in [0, 0.05) is 13.2 Å². The molecular formula is C12H18N2O3S. The third-order valence-electron chi connectivity index (χ3n) is 2.41. The van der Waals surface area contributed by atoms with Gasteiger partial charge >= 0.3 is 0 Å². The summed E-state index contributed by atoms with van der Waals surface area (Å²) in [6.45, 7) is 2.10. The van der Waals surface area contributed by atoms with E-state index in [0.717, 1.165) is 5.69 Å². The molecule has 0 unspecified atom stereocenters. The SMILES string of the molecule is CCCS(=O)(=O)CC(=O)N(C)Cc1ccccn1. The molecule has 0 aliphatic rings. The minimum atomic E-state index is -3.28. The number of hydrogen-bond donors (Lipinski definition) is 0. The van der Waals surface area contributed by atoms with E-state index in [4.69, 9.17) is 0 Å². The van der Waals surface area contributed by atoms with Crippen LogP contribution in [0.5, 0.6) is 0 Å². The average molecular weight is 270 g/mol. The number of aromatic nitrogens is 1. The number of rotatable bonds is 6. The van der Waals surface area contributed by atoms with Crippen LogP contribution in [0.4, 0.5) is 0 Å². The fourth-order valence-electron chi connectivity index (χ4n) is 1.50. The van der Waals surface area contributed by atoms with Gasteiger partial charge in [0.1, 0.15) is 5.75 Å². The van der Waals surface area contributed by atoms with E-state index < -0.39 is 21.5 Å². The Kier molecular flexibility index (Phi) is 5.27. The molecule has 0 saturated carbocycles. The number of amides is 1. The molecule has 0 atom stereocenters. The maximum absolute atomic E-state index is 11.8. The van der Waals surface area contributed by atoms with Crippen molar-refractivity contribution in [2.75, 3.05) is 18.6 Å². The van der Waals surface area contributed by atoms with Crippen molar-refractivity contribution in [1.29, 1.82) is 0 Å². The number of pyridine rings is 1. The third kappa shape index (κ3) is 4.83. The van der Waals surface area contributed by atoms with E-state index >= 15 is 0 Å². The van der Waals surface area contributed by atoms with Crippen LogP contribution in [-0.4, -0.2) is 42.8 Å². The molecule has 0 bridgehead atoms. The Morgan fingerprint density at radius 3 is 2.67 bits per heavy atom. The van der Waals surface area contributed by atoms with Gasteiger partial charge in [-0.15, -0.1) is 0 Å². The fourth-order valence-corrected chi connectivity index (χ4v) is 2.87. The number of nitrogens with zero attached hydrogens (tertiary/aromatic N) is 2. The van der Waals surface area contributed by atoms with Crippen LogP contribution >= 0.6 is 0 Å². The molecule has 1 amide bonds. The van der Waals surface area contributed by atoms with Crippen LogP contribution in [0.3, 0.4) is 0 Å². The van der Waals surface area contributed by atoms with E-state index in [1.165, 1.54) is 4.90 Å². The second-order valence-electron chi connectivity index (χ2n) is 4.16. The molecule has 1 rings (SSSR count). The predicted molar refractivity (Wildman–Crippen MR) is 69.7 cm³/mol. The Morgan fingerprint density at radius 2 is 2.11 bits per heavy atom. The monoisotopic (exact) mass is 270 g/mol. The van der Waals surface area contributed by atoms with Gasteiger partial charge < -0.3 is 4.90 Å². The van der Waals surface area contributed by atoms with Crippen LogP contribution in [0.1, 0.15) is 19.0 Å². The second kappa shape index (κ2) is 6.49. The summed E-state index contributed by atoms with van der Waals surface area (Å²) in [6, 6.07) is 5.41.